The third-order valence-electron chi connectivity index (χ3n) is 4.45. The third kappa shape index (κ3) is 4.54. The fourth-order valence-electron chi connectivity index (χ4n) is 3.07. The second-order valence-corrected chi connectivity index (χ2v) is 6.05. The number of benzene rings is 1. The lowest BCUT2D eigenvalue weighted by atomic mass is 10.2. The van der Waals surface area contributed by atoms with Gasteiger partial charge in [-0.15, -0.1) is 0 Å². The van der Waals surface area contributed by atoms with E-state index in [1.807, 2.05) is 35.2 Å². The molecule has 0 aliphatic carbocycles. The van der Waals surface area contributed by atoms with Crippen LogP contribution in [0, 0.1) is 0 Å². The first-order valence-electron chi connectivity index (χ1n) is 8.67. The van der Waals surface area contributed by atoms with Crippen LogP contribution in [-0.2, 0) is 11.3 Å². The normalized spacial score (nSPS) is 14.6. The Morgan fingerprint density at radius 1 is 1.16 bits per heavy atom. The summed E-state index contributed by atoms with van der Waals surface area (Å²) >= 11 is 0. The van der Waals surface area contributed by atoms with Crippen LogP contribution in [0.5, 0.6) is 5.75 Å². The summed E-state index contributed by atoms with van der Waals surface area (Å²) in [6.07, 6.45) is 2.17. The maximum atomic E-state index is 12.3. The van der Waals surface area contributed by atoms with Crippen molar-refractivity contribution in [1.29, 1.82) is 0 Å². The van der Waals surface area contributed by atoms with Crippen molar-refractivity contribution in [3.8, 4) is 5.75 Å². The zero-order valence-corrected chi connectivity index (χ0v) is 14.6. The van der Waals surface area contributed by atoms with Gasteiger partial charge in [0.1, 0.15) is 11.5 Å². The van der Waals surface area contributed by atoms with E-state index in [2.05, 4.69) is 16.3 Å². The van der Waals surface area contributed by atoms with Gasteiger partial charge < -0.3 is 24.3 Å². The van der Waals surface area contributed by atoms with Crippen molar-refractivity contribution in [3.63, 3.8) is 0 Å². The number of nitrogens with one attached hydrogen (secondary N) is 1. The Labute approximate surface area is 148 Å². The van der Waals surface area contributed by atoms with E-state index in [1.165, 1.54) is 0 Å². The van der Waals surface area contributed by atoms with E-state index in [0.717, 1.165) is 43.4 Å². The van der Waals surface area contributed by atoms with Crippen molar-refractivity contribution >= 4 is 11.6 Å². The van der Waals surface area contributed by atoms with Crippen LogP contribution in [0.1, 0.15) is 12.2 Å². The zero-order valence-electron chi connectivity index (χ0n) is 14.6. The molecule has 1 saturated heterocycles. The maximum absolute atomic E-state index is 12.3. The topological polar surface area (TPSA) is 58.0 Å². The highest BCUT2D eigenvalue weighted by atomic mass is 16.5. The molecule has 3 rings (SSSR count). The lowest BCUT2D eigenvalue weighted by Crippen LogP contribution is -2.49. The second kappa shape index (κ2) is 8.58. The minimum atomic E-state index is 0.201. The van der Waals surface area contributed by atoms with Crippen molar-refractivity contribution in [3.05, 3.63) is 48.4 Å². The number of piperazine rings is 1. The first-order valence-corrected chi connectivity index (χ1v) is 8.67. The summed E-state index contributed by atoms with van der Waals surface area (Å²) in [6.45, 7) is 4.45. The number of carbonyl (C=O) groups is 1. The van der Waals surface area contributed by atoms with Crippen LogP contribution in [0.4, 0.5) is 5.69 Å². The molecule has 2 aromatic rings. The Hall–Kier alpha value is -2.47. The van der Waals surface area contributed by atoms with Gasteiger partial charge >= 0.3 is 0 Å². The quantitative estimate of drug-likeness (QED) is 0.781. The summed E-state index contributed by atoms with van der Waals surface area (Å²) in [5, 5.41) is 3.24. The molecule has 134 valence electrons. The molecular formula is C19H25N3O3. The van der Waals surface area contributed by atoms with Crippen LogP contribution >= 0.6 is 0 Å². The monoisotopic (exact) mass is 343 g/mol. The first-order chi connectivity index (χ1) is 12.3. The van der Waals surface area contributed by atoms with Crippen molar-refractivity contribution in [2.24, 2.45) is 0 Å². The fourth-order valence-corrected chi connectivity index (χ4v) is 3.07. The Bertz CT molecular complexity index is 664. The van der Waals surface area contributed by atoms with E-state index < -0.39 is 0 Å². The fraction of sp³-hybridized carbons (Fsp3) is 0.421. The Kier molecular flexibility index (Phi) is 5.95. The summed E-state index contributed by atoms with van der Waals surface area (Å²) in [7, 11) is 1.69. The highest BCUT2D eigenvalue weighted by molar-refractivity contribution is 5.76. The number of amides is 1. The first kappa shape index (κ1) is 17.4. The molecule has 0 bridgehead atoms. The number of furan rings is 1. The molecule has 1 amide bonds. The van der Waals surface area contributed by atoms with Crippen LogP contribution in [0.2, 0.25) is 0 Å². The van der Waals surface area contributed by atoms with E-state index in [-0.39, 0.29) is 5.91 Å². The van der Waals surface area contributed by atoms with Crippen molar-refractivity contribution in [1.82, 2.24) is 10.2 Å². The van der Waals surface area contributed by atoms with E-state index in [4.69, 9.17) is 9.15 Å². The largest absolute Gasteiger partial charge is 0.495 e. The molecule has 0 unspecified atom stereocenters. The number of hydrogen-bond acceptors (Lipinski definition) is 5. The van der Waals surface area contributed by atoms with E-state index in [1.54, 1.807) is 13.4 Å². The highest BCUT2D eigenvalue weighted by Crippen LogP contribution is 2.28. The summed E-state index contributed by atoms with van der Waals surface area (Å²) in [5.74, 6) is 1.97. The lowest BCUT2D eigenvalue weighted by Gasteiger charge is -2.36. The van der Waals surface area contributed by atoms with Gasteiger partial charge in [-0.25, -0.2) is 0 Å². The molecule has 1 aliphatic heterocycles. The van der Waals surface area contributed by atoms with Gasteiger partial charge in [0.25, 0.3) is 0 Å². The van der Waals surface area contributed by atoms with E-state index in [0.29, 0.717) is 19.5 Å². The van der Waals surface area contributed by atoms with Gasteiger partial charge in [0.15, 0.2) is 0 Å². The predicted octanol–water partition coefficient (Wildman–Crippen LogP) is 2.12. The van der Waals surface area contributed by atoms with Gasteiger partial charge in [0.2, 0.25) is 5.91 Å². The average molecular weight is 343 g/mol. The third-order valence-corrected chi connectivity index (χ3v) is 4.45. The van der Waals surface area contributed by atoms with Crippen molar-refractivity contribution in [2.75, 3.05) is 44.7 Å². The smallest absolute Gasteiger partial charge is 0.223 e. The summed E-state index contributed by atoms with van der Waals surface area (Å²) in [6, 6.07) is 11.8. The van der Waals surface area contributed by atoms with Gasteiger partial charge in [-0.3, -0.25) is 4.79 Å². The van der Waals surface area contributed by atoms with Crippen LogP contribution < -0.4 is 15.0 Å². The SMILES string of the molecule is COc1ccccc1N1CCN(C(=O)CCNCc2ccco2)CC1. The number of hydrogen-bond donors (Lipinski definition) is 1. The predicted molar refractivity (Wildman–Crippen MR) is 96.8 cm³/mol. The molecule has 0 spiro atoms. The molecule has 1 fully saturated rings. The molecule has 1 aromatic heterocycles. The van der Waals surface area contributed by atoms with E-state index in [9.17, 15) is 4.79 Å². The molecule has 25 heavy (non-hydrogen) atoms. The van der Waals surface area contributed by atoms with Gasteiger partial charge in [-0.1, -0.05) is 12.1 Å². The molecule has 0 atom stereocenters. The summed E-state index contributed by atoms with van der Waals surface area (Å²) in [4.78, 5) is 16.6. The van der Waals surface area contributed by atoms with E-state index >= 15 is 0 Å². The minimum absolute atomic E-state index is 0.201. The molecule has 0 saturated carbocycles. The van der Waals surface area contributed by atoms with Crippen LogP contribution in [-0.4, -0.2) is 50.6 Å². The number of methoxy groups -OCH3 is 1. The van der Waals surface area contributed by atoms with Gasteiger partial charge in [0, 0.05) is 39.1 Å². The second-order valence-electron chi connectivity index (χ2n) is 6.05. The zero-order chi connectivity index (χ0) is 17.5. The molecular weight excluding hydrogens is 318 g/mol. The van der Waals surface area contributed by atoms with Crippen LogP contribution in [0.25, 0.3) is 0 Å². The average Bonchev–Trinajstić information content (AvgIpc) is 3.18. The summed E-state index contributed by atoms with van der Waals surface area (Å²) < 4.78 is 10.7. The summed E-state index contributed by atoms with van der Waals surface area (Å²) in [5.41, 5.74) is 1.09. The van der Waals surface area contributed by atoms with Crippen molar-refractivity contribution < 1.29 is 13.9 Å². The molecule has 1 N–H and O–H groups in total. The number of anilines is 1. The molecule has 6 nitrogen and oxygen atoms in total. The number of carbonyl (C=O) groups excluding carboxylic acids is 1. The molecule has 1 aromatic carbocycles. The van der Waals surface area contributed by atoms with Crippen molar-refractivity contribution in [2.45, 2.75) is 13.0 Å². The number of para-hydroxylation sites is 2. The molecule has 2 heterocycles. The van der Waals surface area contributed by atoms with Gasteiger partial charge in [-0.2, -0.15) is 0 Å². The Morgan fingerprint density at radius 2 is 1.96 bits per heavy atom. The standard InChI is InChI=1S/C19H25N3O3/c1-24-18-7-3-2-6-17(18)21-10-12-22(13-11-21)19(23)8-9-20-15-16-5-4-14-25-16/h2-7,14,20H,8-13,15H2,1H3. The Balaban J connectivity index is 1.41. The number of nitrogens with zero attached hydrogens (tertiary/aromatic N) is 2. The minimum Gasteiger partial charge on any atom is -0.495 e. The number of rotatable bonds is 7. The molecule has 6 heteroatoms. The van der Waals surface area contributed by atoms with Gasteiger partial charge in [0.05, 0.1) is 25.6 Å². The van der Waals surface area contributed by atoms with Crippen LogP contribution in [0.15, 0.2) is 47.1 Å². The van der Waals surface area contributed by atoms with Gasteiger partial charge in [-0.05, 0) is 24.3 Å². The molecule has 0 radical (unpaired) electrons. The highest BCUT2D eigenvalue weighted by Gasteiger charge is 2.22. The maximum Gasteiger partial charge on any atom is 0.223 e. The Morgan fingerprint density at radius 3 is 2.68 bits per heavy atom. The lowest BCUT2D eigenvalue weighted by molar-refractivity contribution is -0.131. The molecule has 1 aliphatic rings. The number of ether oxygens (including phenoxy) is 1. The van der Waals surface area contributed by atoms with Crippen LogP contribution in [0.3, 0.4) is 0 Å².